The van der Waals surface area contributed by atoms with Crippen LogP contribution in [-0.4, -0.2) is 16.7 Å². The maximum Gasteiger partial charge on any atom is 0.233 e. The fourth-order valence-electron chi connectivity index (χ4n) is 4.59. The minimum atomic E-state index is -0.232. The van der Waals surface area contributed by atoms with E-state index < -0.39 is 0 Å². The van der Waals surface area contributed by atoms with Crippen molar-refractivity contribution in [3.05, 3.63) is 35.9 Å². The summed E-state index contributed by atoms with van der Waals surface area (Å²) in [4.78, 5) is 26.7. The Kier molecular flexibility index (Phi) is 2.65. The first-order chi connectivity index (χ1) is 10.2. The molecule has 4 nitrogen and oxygen atoms in total. The maximum absolute atomic E-state index is 12.6. The van der Waals surface area contributed by atoms with Gasteiger partial charge in [-0.3, -0.25) is 14.5 Å². The molecule has 1 aromatic carbocycles. The molecule has 1 aliphatic heterocycles. The van der Waals surface area contributed by atoms with Gasteiger partial charge in [0.2, 0.25) is 11.8 Å². The lowest BCUT2D eigenvalue weighted by Gasteiger charge is -2.23. The van der Waals surface area contributed by atoms with Crippen LogP contribution in [-0.2, 0) is 16.1 Å². The van der Waals surface area contributed by atoms with Crippen LogP contribution in [0.5, 0.6) is 0 Å². The molecule has 2 bridgehead atoms. The molecular weight excluding hydrogens is 264 g/mol. The molecule has 1 unspecified atom stereocenters. The van der Waals surface area contributed by atoms with Gasteiger partial charge in [0, 0.05) is 0 Å². The molecule has 4 heteroatoms. The van der Waals surface area contributed by atoms with Crippen LogP contribution in [0.3, 0.4) is 0 Å². The molecular formula is C17H16N2O2. The van der Waals surface area contributed by atoms with Crippen molar-refractivity contribution < 1.29 is 9.59 Å². The van der Waals surface area contributed by atoms with E-state index in [1.54, 1.807) is 0 Å². The minimum absolute atomic E-state index is 0.0160. The third kappa shape index (κ3) is 1.67. The molecule has 0 N–H and O–H groups in total. The number of benzene rings is 1. The lowest BCUT2D eigenvalue weighted by Crippen LogP contribution is -2.32. The fourth-order valence-corrected chi connectivity index (χ4v) is 4.59. The van der Waals surface area contributed by atoms with Crippen molar-refractivity contribution in [2.45, 2.75) is 19.4 Å². The van der Waals surface area contributed by atoms with Gasteiger partial charge in [0.15, 0.2) is 0 Å². The normalized spacial score (nSPS) is 36.9. The van der Waals surface area contributed by atoms with E-state index >= 15 is 0 Å². The number of fused-ring (bicyclic) bond motifs is 5. The molecule has 4 rings (SSSR count). The molecule has 1 saturated heterocycles. The molecule has 3 fully saturated rings. The lowest BCUT2D eigenvalue weighted by molar-refractivity contribution is -0.141. The summed E-state index contributed by atoms with van der Waals surface area (Å²) in [6, 6.07) is 11.9. The van der Waals surface area contributed by atoms with Gasteiger partial charge >= 0.3 is 0 Å². The van der Waals surface area contributed by atoms with Gasteiger partial charge in [-0.1, -0.05) is 30.3 Å². The van der Waals surface area contributed by atoms with Gasteiger partial charge in [-0.25, -0.2) is 0 Å². The number of carbonyl (C=O) groups excluding carboxylic acids is 2. The number of imide groups is 1. The fraction of sp³-hybridized carbons (Fsp3) is 0.471. The van der Waals surface area contributed by atoms with E-state index in [9.17, 15) is 14.9 Å². The van der Waals surface area contributed by atoms with Crippen LogP contribution in [0.2, 0.25) is 0 Å². The molecule has 1 heterocycles. The van der Waals surface area contributed by atoms with Gasteiger partial charge in [-0.05, 0) is 30.2 Å². The molecule has 5 atom stereocenters. The van der Waals surface area contributed by atoms with Crippen LogP contribution in [0.25, 0.3) is 0 Å². The first-order valence-electron chi connectivity index (χ1n) is 7.49. The second-order valence-corrected chi connectivity index (χ2v) is 6.43. The van der Waals surface area contributed by atoms with Crippen LogP contribution < -0.4 is 0 Å². The standard InChI is InChI=1S/C17H16N2O2/c18-8-12-6-11-7-13(12)15-14(11)16(20)19(17(15)21)9-10-4-2-1-3-5-10/h1-5,11-15H,6-7,9H2/t11-,12?,13-,14+,15-/m1/s1. The van der Waals surface area contributed by atoms with Crippen molar-refractivity contribution >= 4 is 11.8 Å². The predicted octanol–water partition coefficient (Wildman–Crippen LogP) is 1.97. The Morgan fingerprint density at radius 3 is 2.52 bits per heavy atom. The number of nitrogens with zero attached hydrogens (tertiary/aromatic N) is 2. The van der Waals surface area contributed by atoms with Crippen molar-refractivity contribution in [2.24, 2.45) is 29.6 Å². The van der Waals surface area contributed by atoms with Crippen molar-refractivity contribution in [2.75, 3.05) is 0 Å². The van der Waals surface area contributed by atoms with Crippen molar-refractivity contribution in [3.63, 3.8) is 0 Å². The van der Waals surface area contributed by atoms with Crippen LogP contribution in [0, 0.1) is 40.9 Å². The van der Waals surface area contributed by atoms with Crippen molar-refractivity contribution in [3.8, 4) is 6.07 Å². The number of rotatable bonds is 2. The molecule has 21 heavy (non-hydrogen) atoms. The highest BCUT2D eigenvalue weighted by Crippen LogP contribution is 2.58. The van der Waals surface area contributed by atoms with Gasteiger partial charge in [0.25, 0.3) is 0 Å². The van der Waals surface area contributed by atoms with Gasteiger partial charge in [0.05, 0.1) is 30.4 Å². The molecule has 2 amide bonds. The summed E-state index contributed by atoms with van der Waals surface area (Å²) in [6.45, 7) is 0.363. The van der Waals surface area contributed by atoms with Crippen LogP contribution in [0.4, 0.5) is 0 Å². The molecule has 0 radical (unpaired) electrons. The number of carbonyl (C=O) groups is 2. The topological polar surface area (TPSA) is 61.2 Å². The molecule has 0 aromatic heterocycles. The average Bonchev–Trinajstić information content (AvgIpc) is 3.15. The summed E-state index contributed by atoms with van der Waals surface area (Å²) in [5.41, 5.74) is 0.975. The third-order valence-corrected chi connectivity index (χ3v) is 5.46. The lowest BCUT2D eigenvalue weighted by atomic mass is 9.76. The van der Waals surface area contributed by atoms with E-state index in [0.717, 1.165) is 18.4 Å². The Labute approximate surface area is 123 Å². The third-order valence-electron chi connectivity index (χ3n) is 5.46. The summed E-state index contributed by atoms with van der Waals surface area (Å²) in [5, 5.41) is 9.20. The van der Waals surface area contributed by atoms with Gasteiger partial charge < -0.3 is 0 Å². The van der Waals surface area contributed by atoms with E-state index in [0.29, 0.717) is 6.54 Å². The highest BCUT2D eigenvalue weighted by atomic mass is 16.2. The summed E-state index contributed by atoms with van der Waals surface area (Å²) < 4.78 is 0. The average molecular weight is 280 g/mol. The number of hydrogen-bond donors (Lipinski definition) is 0. The quantitative estimate of drug-likeness (QED) is 0.778. The second kappa shape index (κ2) is 4.42. The maximum atomic E-state index is 12.6. The highest BCUT2D eigenvalue weighted by molar-refractivity contribution is 6.06. The van der Waals surface area contributed by atoms with E-state index in [1.165, 1.54) is 4.90 Å². The first-order valence-corrected chi connectivity index (χ1v) is 7.49. The summed E-state index contributed by atoms with van der Waals surface area (Å²) in [5.74, 6) is -0.159. The summed E-state index contributed by atoms with van der Waals surface area (Å²) in [6.07, 6.45) is 1.67. The molecule has 2 aliphatic carbocycles. The van der Waals surface area contributed by atoms with Gasteiger partial charge in [-0.15, -0.1) is 0 Å². The van der Waals surface area contributed by atoms with E-state index in [2.05, 4.69) is 6.07 Å². The minimum Gasteiger partial charge on any atom is -0.278 e. The van der Waals surface area contributed by atoms with Crippen LogP contribution >= 0.6 is 0 Å². The Morgan fingerprint density at radius 2 is 1.81 bits per heavy atom. The van der Waals surface area contributed by atoms with Crippen LogP contribution in [0.1, 0.15) is 18.4 Å². The molecule has 106 valence electrons. The number of nitriles is 1. The number of likely N-dealkylation sites (tertiary alicyclic amines) is 1. The molecule has 2 saturated carbocycles. The van der Waals surface area contributed by atoms with E-state index in [4.69, 9.17) is 0 Å². The Bertz CT molecular complexity index is 649. The van der Waals surface area contributed by atoms with Crippen LogP contribution in [0.15, 0.2) is 30.3 Å². The zero-order valence-corrected chi connectivity index (χ0v) is 11.6. The molecule has 1 aromatic rings. The highest BCUT2D eigenvalue weighted by Gasteiger charge is 2.63. The largest absolute Gasteiger partial charge is 0.278 e. The molecule has 3 aliphatic rings. The Hall–Kier alpha value is -2.15. The Morgan fingerprint density at radius 1 is 1.10 bits per heavy atom. The zero-order valence-electron chi connectivity index (χ0n) is 11.6. The molecule has 0 spiro atoms. The summed E-state index contributed by atoms with van der Waals surface area (Å²) >= 11 is 0. The smallest absolute Gasteiger partial charge is 0.233 e. The number of hydrogen-bond acceptors (Lipinski definition) is 3. The zero-order chi connectivity index (χ0) is 14.6. The summed E-state index contributed by atoms with van der Waals surface area (Å²) in [7, 11) is 0. The first kappa shape index (κ1) is 12.6. The Balaban J connectivity index is 1.61. The predicted molar refractivity (Wildman–Crippen MR) is 74.3 cm³/mol. The monoisotopic (exact) mass is 280 g/mol. The number of amides is 2. The van der Waals surface area contributed by atoms with E-state index in [-0.39, 0.29) is 41.4 Å². The SMILES string of the molecule is N#CC1C[C@@H]2C[C@H]1[C@H]1C(=O)N(Cc3ccccc3)C(=O)[C@@H]21. The van der Waals surface area contributed by atoms with Gasteiger partial charge in [0.1, 0.15) is 0 Å². The van der Waals surface area contributed by atoms with Gasteiger partial charge in [-0.2, -0.15) is 5.26 Å². The van der Waals surface area contributed by atoms with Crippen molar-refractivity contribution in [1.82, 2.24) is 4.90 Å². The van der Waals surface area contributed by atoms with E-state index in [1.807, 2.05) is 30.3 Å². The van der Waals surface area contributed by atoms with Crippen molar-refractivity contribution in [1.29, 1.82) is 5.26 Å². The second-order valence-electron chi connectivity index (χ2n) is 6.43.